The monoisotopic (exact) mass is 374 g/mol. The van der Waals surface area contributed by atoms with Crippen molar-refractivity contribution >= 4 is 17.3 Å². The molecule has 1 aliphatic rings. The number of alkyl carbamates (subject to hydrolysis) is 1. The van der Waals surface area contributed by atoms with Crippen LogP contribution in [-0.4, -0.2) is 39.4 Å². The normalized spacial score (nSPS) is 20.3. The number of carbonyl (C=O) groups is 1. The van der Waals surface area contributed by atoms with Crippen molar-refractivity contribution in [3.05, 3.63) is 28.7 Å². The zero-order chi connectivity index (χ0) is 19.6. The number of nitrogens with zero attached hydrogens (tertiary/aromatic N) is 3. The van der Waals surface area contributed by atoms with E-state index in [-0.39, 0.29) is 17.6 Å². The second-order valence-electron chi connectivity index (χ2n) is 7.81. The lowest BCUT2D eigenvalue weighted by Gasteiger charge is -2.31. The molecule has 0 aromatic carbocycles. The van der Waals surface area contributed by atoms with Crippen LogP contribution in [-0.2, 0) is 4.74 Å². The lowest BCUT2D eigenvalue weighted by Crippen LogP contribution is -2.41. The number of hydrogen-bond acceptors (Lipinski definition) is 6. The molecule has 27 heavy (non-hydrogen) atoms. The number of amides is 1. The molecule has 8 heteroatoms. The molecule has 0 bridgehead atoms. The molecule has 2 heterocycles. The van der Waals surface area contributed by atoms with Crippen molar-refractivity contribution in [1.29, 1.82) is 0 Å². The van der Waals surface area contributed by atoms with Gasteiger partial charge in [-0.1, -0.05) is 0 Å². The zero-order valence-electron chi connectivity index (χ0n) is 16.2. The van der Waals surface area contributed by atoms with Gasteiger partial charge in [0.2, 0.25) is 5.88 Å². The van der Waals surface area contributed by atoms with Crippen molar-refractivity contribution in [1.82, 2.24) is 19.9 Å². The second kappa shape index (κ2) is 7.54. The molecule has 1 aliphatic carbocycles. The van der Waals surface area contributed by atoms with E-state index in [4.69, 9.17) is 9.47 Å². The van der Waals surface area contributed by atoms with E-state index in [0.717, 1.165) is 25.7 Å². The SMILES string of the molecule is COc1ccc2ncc(=O)n([C@H]3CC[C@H](NC(=O)OC(C)(C)C)CC3)c2n1. The van der Waals surface area contributed by atoms with Gasteiger partial charge >= 0.3 is 6.09 Å². The number of rotatable bonds is 3. The molecule has 3 rings (SSSR count). The minimum Gasteiger partial charge on any atom is -0.481 e. The maximum absolute atomic E-state index is 12.5. The summed E-state index contributed by atoms with van der Waals surface area (Å²) < 4.78 is 12.2. The van der Waals surface area contributed by atoms with Crippen LogP contribution in [0.25, 0.3) is 11.2 Å². The summed E-state index contributed by atoms with van der Waals surface area (Å²) in [6.07, 6.45) is 4.00. The molecular weight excluding hydrogens is 348 g/mol. The number of carbonyl (C=O) groups excluding carboxylic acids is 1. The first kappa shape index (κ1) is 19.1. The summed E-state index contributed by atoms with van der Waals surface area (Å²) in [6.45, 7) is 5.52. The molecule has 2 aromatic rings. The Balaban J connectivity index is 1.74. The highest BCUT2D eigenvalue weighted by atomic mass is 16.6. The Hall–Kier alpha value is -2.64. The standard InChI is InChI=1S/C19H26N4O4/c1-19(2,3)27-18(25)21-12-5-7-13(8-6-12)23-16(24)11-20-14-9-10-15(26-4)22-17(14)23/h9-13H,5-8H2,1-4H3,(H,21,25)/t12-,13-. The smallest absolute Gasteiger partial charge is 0.407 e. The van der Waals surface area contributed by atoms with E-state index in [9.17, 15) is 9.59 Å². The van der Waals surface area contributed by atoms with Crippen molar-refractivity contribution in [3.63, 3.8) is 0 Å². The summed E-state index contributed by atoms with van der Waals surface area (Å²) in [4.78, 5) is 33.0. The van der Waals surface area contributed by atoms with Crippen LogP contribution in [0.2, 0.25) is 0 Å². The average molecular weight is 374 g/mol. The fourth-order valence-electron chi connectivity index (χ4n) is 3.41. The summed E-state index contributed by atoms with van der Waals surface area (Å²) in [6, 6.07) is 3.58. The Bertz CT molecular complexity index is 879. The van der Waals surface area contributed by atoms with Gasteiger partial charge in [0.25, 0.3) is 5.56 Å². The Morgan fingerprint density at radius 1 is 1.22 bits per heavy atom. The molecule has 8 nitrogen and oxygen atoms in total. The first-order valence-electron chi connectivity index (χ1n) is 9.18. The number of aromatic nitrogens is 3. The van der Waals surface area contributed by atoms with Crippen molar-refractivity contribution in [2.75, 3.05) is 7.11 Å². The number of pyridine rings is 1. The van der Waals surface area contributed by atoms with Crippen molar-refractivity contribution in [3.8, 4) is 5.88 Å². The summed E-state index contributed by atoms with van der Waals surface area (Å²) in [7, 11) is 1.54. The average Bonchev–Trinajstić information content (AvgIpc) is 2.60. The largest absolute Gasteiger partial charge is 0.481 e. The number of nitrogens with one attached hydrogen (secondary N) is 1. The van der Waals surface area contributed by atoms with Gasteiger partial charge in [0.05, 0.1) is 13.3 Å². The van der Waals surface area contributed by atoms with E-state index >= 15 is 0 Å². The fraction of sp³-hybridized carbons (Fsp3) is 0.579. The van der Waals surface area contributed by atoms with E-state index in [1.807, 2.05) is 20.8 Å². The van der Waals surface area contributed by atoms with Crippen LogP contribution in [0.4, 0.5) is 4.79 Å². The van der Waals surface area contributed by atoms with E-state index in [2.05, 4.69) is 15.3 Å². The predicted molar refractivity (Wildman–Crippen MR) is 101 cm³/mol. The Kier molecular flexibility index (Phi) is 5.34. The molecule has 0 radical (unpaired) electrons. The summed E-state index contributed by atoms with van der Waals surface area (Å²) in [5.74, 6) is 0.448. The third kappa shape index (κ3) is 4.56. The van der Waals surface area contributed by atoms with Crippen molar-refractivity contribution in [2.24, 2.45) is 0 Å². The molecule has 0 spiro atoms. The van der Waals surface area contributed by atoms with E-state index < -0.39 is 11.7 Å². The van der Waals surface area contributed by atoms with Gasteiger partial charge in [-0.15, -0.1) is 0 Å². The van der Waals surface area contributed by atoms with Crippen LogP contribution >= 0.6 is 0 Å². The van der Waals surface area contributed by atoms with Gasteiger partial charge < -0.3 is 14.8 Å². The van der Waals surface area contributed by atoms with Gasteiger partial charge in [0.15, 0.2) is 5.65 Å². The lowest BCUT2D eigenvalue weighted by atomic mass is 9.91. The summed E-state index contributed by atoms with van der Waals surface area (Å²) >= 11 is 0. The van der Waals surface area contributed by atoms with Crippen LogP contribution < -0.4 is 15.6 Å². The predicted octanol–water partition coefficient (Wildman–Crippen LogP) is 2.81. The molecule has 0 aliphatic heterocycles. The van der Waals surface area contributed by atoms with Gasteiger partial charge in [0, 0.05) is 18.2 Å². The van der Waals surface area contributed by atoms with E-state index in [1.54, 1.807) is 23.8 Å². The highest BCUT2D eigenvalue weighted by Gasteiger charge is 2.27. The molecule has 1 saturated carbocycles. The van der Waals surface area contributed by atoms with Gasteiger partial charge in [-0.05, 0) is 52.5 Å². The molecule has 2 aromatic heterocycles. The fourth-order valence-corrected chi connectivity index (χ4v) is 3.41. The van der Waals surface area contributed by atoms with Crippen LogP contribution in [0, 0.1) is 0 Å². The molecule has 146 valence electrons. The van der Waals surface area contributed by atoms with Crippen LogP contribution in [0.15, 0.2) is 23.1 Å². The van der Waals surface area contributed by atoms with Crippen LogP contribution in [0.1, 0.15) is 52.5 Å². The molecule has 0 saturated heterocycles. The number of hydrogen-bond donors (Lipinski definition) is 1. The van der Waals surface area contributed by atoms with Crippen molar-refractivity contribution < 1.29 is 14.3 Å². The molecule has 1 fully saturated rings. The third-order valence-electron chi connectivity index (χ3n) is 4.60. The molecule has 0 unspecified atom stereocenters. The first-order valence-corrected chi connectivity index (χ1v) is 9.18. The molecule has 1 N–H and O–H groups in total. The van der Waals surface area contributed by atoms with Gasteiger partial charge in [-0.2, -0.15) is 4.98 Å². The number of methoxy groups -OCH3 is 1. The van der Waals surface area contributed by atoms with E-state index in [1.165, 1.54) is 6.20 Å². The van der Waals surface area contributed by atoms with Crippen molar-refractivity contribution in [2.45, 2.75) is 64.1 Å². The van der Waals surface area contributed by atoms with E-state index in [0.29, 0.717) is 17.0 Å². The molecule has 1 amide bonds. The van der Waals surface area contributed by atoms with Gasteiger partial charge in [-0.25, -0.2) is 9.78 Å². The topological polar surface area (TPSA) is 95.3 Å². The number of ether oxygens (including phenoxy) is 2. The molecular formula is C19H26N4O4. The minimum absolute atomic E-state index is 0.0132. The third-order valence-corrected chi connectivity index (χ3v) is 4.60. The number of fused-ring (bicyclic) bond motifs is 1. The second-order valence-corrected chi connectivity index (χ2v) is 7.81. The minimum atomic E-state index is -0.519. The molecule has 0 atom stereocenters. The first-order chi connectivity index (χ1) is 12.8. The zero-order valence-corrected chi connectivity index (χ0v) is 16.2. The maximum Gasteiger partial charge on any atom is 0.407 e. The summed E-state index contributed by atoms with van der Waals surface area (Å²) in [5, 5.41) is 2.92. The highest BCUT2D eigenvalue weighted by Crippen LogP contribution is 2.29. The van der Waals surface area contributed by atoms with Gasteiger partial charge in [0.1, 0.15) is 11.1 Å². The Morgan fingerprint density at radius 2 is 1.93 bits per heavy atom. The quantitative estimate of drug-likeness (QED) is 0.888. The highest BCUT2D eigenvalue weighted by molar-refractivity contribution is 5.70. The summed E-state index contributed by atoms with van der Waals surface area (Å²) in [5.41, 5.74) is 0.497. The van der Waals surface area contributed by atoms with Crippen LogP contribution in [0.5, 0.6) is 5.88 Å². The lowest BCUT2D eigenvalue weighted by molar-refractivity contribution is 0.0488. The van der Waals surface area contributed by atoms with Gasteiger partial charge in [-0.3, -0.25) is 9.36 Å². The van der Waals surface area contributed by atoms with Crippen LogP contribution in [0.3, 0.4) is 0 Å². The Labute approximate surface area is 157 Å². The maximum atomic E-state index is 12.5. The Morgan fingerprint density at radius 3 is 2.56 bits per heavy atom.